The molecular formula is C18H18O8. The average Bonchev–Trinajstić information content (AvgIpc) is 2.66. The van der Waals surface area contributed by atoms with E-state index in [1.807, 2.05) is 0 Å². The summed E-state index contributed by atoms with van der Waals surface area (Å²) in [5.41, 5.74) is -0.0360. The summed E-state index contributed by atoms with van der Waals surface area (Å²) in [6, 6.07) is 4.42. The number of aromatic hydroxyl groups is 1. The minimum atomic E-state index is -0.655. The molecule has 0 bridgehead atoms. The molecule has 1 heterocycles. The van der Waals surface area contributed by atoms with Crippen molar-refractivity contribution < 1.29 is 33.3 Å². The zero-order valence-corrected chi connectivity index (χ0v) is 14.5. The Labute approximate surface area is 149 Å². The Kier molecular flexibility index (Phi) is 6.26. The van der Waals surface area contributed by atoms with E-state index in [0.717, 1.165) is 12.3 Å². The SMILES string of the molecule is COc1ccc(/C=C/C(=O)OCc2cc(=O)c(O)co2)c(OC)c1OC. The maximum absolute atomic E-state index is 11.8. The molecule has 0 radical (unpaired) electrons. The third-order valence-corrected chi connectivity index (χ3v) is 3.36. The van der Waals surface area contributed by atoms with E-state index in [0.29, 0.717) is 22.8 Å². The van der Waals surface area contributed by atoms with E-state index in [4.69, 9.17) is 28.5 Å². The van der Waals surface area contributed by atoms with Crippen molar-refractivity contribution in [3.8, 4) is 23.0 Å². The Bertz CT molecular complexity index is 866. The first kappa shape index (κ1) is 18.9. The molecule has 0 amide bonds. The molecule has 0 aliphatic rings. The maximum atomic E-state index is 11.8. The van der Waals surface area contributed by atoms with E-state index in [9.17, 15) is 9.59 Å². The van der Waals surface area contributed by atoms with Crippen molar-refractivity contribution in [2.75, 3.05) is 21.3 Å². The van der Waals surface area contributed by atoms with Crippen LogP contribution in [0.5, 0.6) is 23.0 Å². The van der Waals surface area contributed by atoms with Gasteiger partial charge in [0.05, 0.1) is 21.3 Å². The van der Waals surface area contributed by atoms with Gasteiger partial charge in [0.2, 0.25) is 11.2 Å². The molecular weight excluding hydrogens is 344 g/mol. The van der Waals surface area contributed by atoms with Crippen LogP contribution in [0.25, 0.3) is 6.08 Å². The average molecular weight is 362 g/mol. The van der Waals surface area contributed by atoms with E-state index in [1.54, 1.807) is 12.1 Å². The fourth-order valence-corrected chi connectivity index (χ4v) is 2.12. The summed E-state index contributed by atoms with van der Waals surface area (Å²) < 4.78 is 25.7. The lowest BCUT2D eigenvalue weighted by atomic mass is 10.1. The zero-order valence-electron chi connectivity index (χ0n) is 14.5. The first-order valence-corrected chi connectivity index (χ1v) is 7.44. The quantitative estimate of drug-likeness (QED) is 0.590. The molecule has 2 aromatic rings. The van der Waals surface area contributed by atoms with E-state index < -0.39 is 17.1 Å². The van der Waals surface area contributed by atoms with E-state index in [2.05, 4.69) is 0 Å². The van der Waals surface area contributed by atoms with Crippen molar-refractivity contribution in [2.24, 2.45) is 0 Å². The van der Waals surface area contributed by atoms with Crippen LogP contribution in [0, 0.1) is 0 Å². The Balaban J connectivity index is 2.10. The fourth-order valence-electron chi connectivity index (χ4n) is 2.12. The van der Waals surface area contributed by atoms with E-state index in [-0.39, 0.29) is 12.4 Å². The Hall–Kier alpha value is -3.42. The number of carbonyl (C=O) groups excluding carboxylic acids is 1. The highest BCUT2D eigenvalue weighted by molar-refractivity contribution is 5.88. The van der Waals surface area contributed by atoms with Crippen LogP contribution in [0.4, 0.5) is 0 Å². The Morgan fingerprint density at radius 2 is 1.88 bits per heavy atom. The number of benzene rings is 1. The first-order valence-electron chi connectivity index (χ1n) is 7.44. The number of hydrogen-bond donors (Lipinski definition) is 1. The number of esters is 1. The van der Waals surface area contributed by atoms with Gasteiger partial charge >= 0.3 is 5.97 Å². The summed E-state index contributed by atoms with van der Waals surface area (Å²) in [6.45, 7) is -0.248. The summed E-state index contributed by atoms with van der Waals surface area (Å²) in [7, 11) is 4.46. The number of hydrogen-bond acceptors (Lipinski definition) is 8. The fraction of sp³-hybridized carbons (Fsp3) is 0.222. The monoisotopic (exact) mass is 362 g/mol. The van der Waals surface area contributed by atoms with Crippen LogP contribution < -0.4 is 19.6 Å². The number of rotatable bonds is 7. The summed E-state index contributed by atoms with van der Waals surface area (Å²) in [4.78, 5) is 23.1. The molecule has 8 nitrogen and oxygen atoms in total. The highest BCUT2D eigenvalue weighted by Gasteiger charge is 2.14. The van der Waals surface area contributed by atoms with Crippen molar-refractivity contribution in [1.82, 2.24) is 0 Å². The van der Waals surface area contributed by atoms with Gasteiger partial charge in [-0.05, 0) is 18.2 Å². The number of carbonyl (C=O) groups is 1. The van der Waals surface area contributed by atoms with E-state index in [1.165, 1.54) is 33.5 Å². The summed E-state index contributed by atoms with van der Waals surface area (Å²) in [6.07, 6.45) is 3.58. The molecule has 1 N–H and O–H groups in total. The summed E-state index contributed by atoms with van der Waals surface area (Å²) >= 11 is 0. The highest BCUT2D eigenvalue weighted by atomic mass is 16.5. The molecule has 0 aliphatic carbocycles. The molecule has 0 saturated carbocycles. The lowest BCUT2D eigenvalue weighted by Gasteiger charge is -2.13. The molecule has 2 rings (SSSR count). The minimum absolute atomic E-state index is 0.109. The predicted molar refractivity (Wildman–Crippen MR) is 91.6 cm³/mol. The largest absolute Gasteiger partial charge is 0.502 e. The second-order valence-corrected chi connectivity index (χ2v) is 4.96. The van der Waals surface area contributed by atoms with Gasteiger partial charge in [0.1, 0.15) is 18.6 Å². The predicted octanol–water partition coefficient (Wildman–Crippen LogP) is 2.13. The van der Waals surface area contributed by atoms with Gasteiger partial charge in [-0.25, -0.2) is 4.79 Å². The number of ether oxygens (including phenoxy) is 4. The van der Waals surface area contributed by atoms with Crippen molar-refractivity contribution >= 4 is 12.0 Å². The van der Waals surface area contributed by atoms with Gasteiger partial charge in [0, 0.05) is 17.7 Å². The van der Waals surface area contributed by atoms with Gasteiger partial charge in [-0.1, -0.05) is 0 Å². The molecule has 26 heavy (non-hydrogen) atoms. The van der Waals surface area contributed by atoms with Crippen LogP contribution >= 0.6 is 0 Å². The second-order valence-electron chi connectivity index (χ2n) is 4.96. The Morgan fingerprint density at radius 3 is 2.50 bits per heavy atom. The molecule has 0 unspecified atom stereocenters. The van der Waals surface area contributed by atoms with Gasteiger partial charge in [-0.2, -0.15) is 0 Å². The maximum Gasteiger partial charge on any atom is 0.331 e. The van der Waals surface area contributed by atoms with Gasteiger partial charge in [0.25, 0.3) is 0 Å². The molecule has 0 fully saturated rings. The number of methoxy groups -OCH3 is 3. The third-order valence-electron chi connectivity index (χ3n) is 3.36. The lowest BCUT2D eigenvalue weighted by Crippen LogP contribution is -2.05. The van der Waals surface area contributed by atoms with Gasteiger partial charge in [-0.15, -0.1) is 0 Å². The van der Waals surface area contributed by atoms with Crippen LogP contribution in [0.15, 0.2) is 39.7 Å². The molecule has 1 aromatic heterocycles. The van der Waals surface area contributed by atoms with Crippen molar-refractivity contribution in [2.45, 2.75) is 6.61 Å². The summed E-state index contributed by atoms with van der Waals surface area (Å²) in [5, 5.41) is 9.10. The molecule has 0 spiro atoms. The standard InChI is InChI=1S/C18H18O8/c1-22-15-6-4-11(17(23-2)18(15)24-3)5-7-16(21)26-9-12-8-13(19)14(20)10-25-12/h4-8,10,20H,9H2,1-3H3/b7-5+. The molecule has 138 valence electrons. The zero-order chi connectivity index (χ0) is 19.1. The van der Waals surface area contributed by atoms with Crippen molar-refractivity contribution in [3.63, 3.8) is 0 Å². The molecule has 0 saturated heterocycles. The lowest BCUT2D eigenvalue weighted by molar-refractivity contribution is -0.139. The van der Waals surface area contributed by atoms with Crippen LogP contribution in [-0.2, 0) is 16.1 Å². The van der Waals surface area contributed by atoms with Crippen molar-refractivity contribution in [1.29, 1.82) is 0 Å². The molecule has 0 atom stereocenters. The minimum Gasteiger partial charge on any atom is -0.502 e. The third kappa shape index (κ3) is 4.35. The van der Waals surface area contributed by atoms with Crippen molar-refractivity contribution in [3.05, 3.63) is 52.1 Å². The van der Waals surface area contributed by atoms with Gasteiger partial charge in [0.15, 0.2) is 17.2 Å². The van der Waals surface area contributed by atoms with Crippen LogP contribution in [0.3, 0.4) is 0 Å². The summed E-state index contributed by atoms with van der Waals surface area (Å²) in [5.74, 6) is 0.236. The second kappa shape index (κ2) is 8.61. The van der Waals surface area contributed by atoms with Crippen LogP contribution in [-0.4, -0.2) is 32.4 Å². The topological polar surface area (TPSA) is 104 Å². The van der Waals surface area contributed by atoms with Crippen LogP contribution in [0.2, 0.25) is 0 Å². The van der Waals surface area contributed by atoms with Gasteiger partial charge in [-0.3, -0.25) is 4.79 Å². The molecule has 1 aromatic carbocycles. The van der Waals surface area contributed by atoms with Crippen LogP contribution in [0.1, 0.15) is 11.3 Å². The first-order chi connectivity index (χ1) is 12.5. The highest BCUT2D eigenvalue weighted by Crippen LogP contribution is 2.40. The Morgan fingerprint density at radius 1 is 1.15 bits per heavy atom. The normalized spacial score (nSPS) is 10.6. The molecule has 0 aliphatic heterocycles. The molecule has 8 heteroatoms. The van der Waals surface area contributed by atoms with E-state index >= 15 is 0 Å². The smallest absolute Gasteiger partial charge is 0.331 e. The van der Waals surface area contributed by atoms with Gasteiger partial charge < -0.3 is 28.5 Å².